The number of hydrogen-bond acceptors (Lipinski definition) is 4. The van der Waals surface area contributed by atoms with Crippen molar-refractivity contribution in [3.8, 4) is 0 Å². The van der Waals surface area contributed by atoms with Gasteiger partial charge in [0.1, 0.15) is 0 Å². The van der Waals surface area contributed by atoms with E-state index in [1.54, 1.807) is 0 Å². The molecule has 2 amide bonds. The summed E-state index contributed by atoms with van der Waals surface area (Å²) in [6, 6.07) is 7.33. The molecule has 1 aliphatic rings. The van der Waals surface area contributed by atoms with Crippen LogP contribution in [0.5, 0.6) is 0 Å². The molecule has 28 heavy (non-hydrogen) atoms. The smallest absolute Gasteiger partial charge is 0.279 e. The minimum atomic E-state index is -4.82. The van der Waals surface area contributed by atoms with Gasteiger partial charge in [-0.1, -0.05) is 11.6 Å². The Morgan fingerprint density at radius 1 is 0.964 bits per heavy atom. The lowest BCUT2D eigenvalue weighted by Crippen LogP contribution is -2.28. The van der Waals surface area contributed by atoms with Crippen molar-refractivity contribution in [3.63, 3.8) is 0 Å². The first-order chi connectivity index (χ1) is 13.0. The highest BCUT2D eigenvalue weighted by molar-refractivity contribution is 7.92. The van der Waals surface area contributed by atoms with Gasteiger partial charge in [0, 0.05) is 17.9 Å². The summed E-state index contributed by atoms with van der Waals surface area (Å²) in [7, 11) is -4.36. The standard InChI is InChI=1S/C17H12ClF3N2O4S/c18-10-1-6-14(13(9-10)17(19,20)21)22-28(26,27)12-4-2-11(3-5-12)23-15(24)7-8-16(23)25/h1-6,9,22H,7-8H2. The molecule has 11 heteroatoms. The lowest BCUT2D eigenvalue weighted by atomic mass is 10.2. The van der Waals surface area contributed by atoms with E-state index in [4.69, 9.17) is 11.6 Å². The molecule has 0 aromatic heterocycles. The van der Waals surface area contributed by atoms with Gasteiger partial charge in [-0.15, -0.1) is 0 Å². The second-order valence-electron chi connectivity index (χ2n) is 5.91. The number of sulfonamides is 1. The Labute approximate surface area is 163 Å². The second-order valence-corrected chi connectivity index (χ2v) is 8.03. The van der Waals surface area contributed by atoms with Gasteiger partial charge in [0.2, 0.25) is 11.8 Å². The van der Waals surface area contributed by atoms with Gasteiger partial charge in [-0.25, -0.2) is 8.42 Å². The summed E-state index contributed by atoms with van der Waals surface area (Å²) in [4.78, 5) is 24.0. The topological polar surface area (TPSA) is 83.6 Å². The maximum absolute atomic E-state index is 13.1. The fraction of sp³-hybridized carbons (Fsp3) is 0.176. The minimum absolute atomic E-state index is 0.0667. The number of nitrogens with one attached hydrogen (secondary N) is 1. The highest BCUT2D eigenvalue weighted by atomic mass is 35.5. The summed E-state index contributed by atoms with van der Waals surface area (Å²) in [5, 5.41) is -0.195. The van der Waals surface area contributed by atoms with Crippen LogP contribution >= 0.6 is 11.6 Å². The molecule has 2 aromatic rings. The minimum Gasteiger partial charge on any atom is -0.279 e. The number of benzene rings is 2. The summed E-state index contributed by atoms with van der Waals surface area (Å²) in [6.07, 6.45) is -4.68. The van der Waals surface area contributed by atoms with Crippen molar-refractivity contribution >= 4 is 44.8 Å². The fourth-order valence-corrected chi connectivity index (χ4v) is 3.93. The largest absolute Gasteiger partial charge is 0.418 e. The van der Waals surface area contributed by atoms with Crippen molar-refractivity contribution in [1.29, 1.82) is 0 Å². The van der Waals surface area contributed by atoms with E-state index in [1.165, 1.54) is 12.1 Å². The van der Waals surface area contributed by atoms with Gasteiger partial charge in [-0.05, 0) is 42.5 Å². The second kappa shape index (κ2) is 7.10. The van der Waals surface area contributed by atoms with Gasteiger partial charge >= 0.3 is 6.18 Å². The lowest BCUT2D eigenvalue weighted by Gasteiger charge is -2.16. The van der Waals surface area contributed by atoms with Crippen molar-refractivity contribution in [2.75, 3.05) is 9.62 Å². The van der Waals surface area contributed by atoms with Crippen molar-refractivity contribution in [1.82, 2.24) is 0 Å². The molecule has 0 spiro atoms. The first-order valence-corrected chi connectivity index (χ1v) is 9.70. The number of nitrogens with zero attached hydrogens (tertiary/aromatic N) is 1. The summed E-state index contributed by atoms with van der Waals surface area (Å²) in [5.74, 6) is -0.815. The predicted molar refractivity (Wildman–Crippen MR) is 95.4 cm³/mol. The average Bonchev–Trinajstić information content (AvgIpc) is 2.94. The zero-order valence-electron chi connectivity index (χ0n) is 14.0. The molecule has 2 aromatic carbocycles. The van der Waals surface area contributed by atoms with E-state index < -0.39 is 39.3 Å². The normalized spacial score (nSPS) is 15.2. The molecule has 0 aliphatic carbocycles. The van der Waals surface area contributed by atoms with Gasteiger partial charge in [-0.2, -0.15) is 13.2 Å². The van der Waals surface area contributed by atoms with Crippen LogP contribution in [0.25, 0.3) is 0 Å². The number of halogens is 4. The summed E-state index contributed by atoms with van der Waals surface area (Å²) in [5.41, 5.74) is -1.71. The third-order valence-electron chi connectivity index (χ3n) is 3.99. The maximum Gasteiger partial charge on any atom is 0.418 e. The Balaban J connectivity index is 1.90. The Hall–Kier alpha value is -2.59. The molecular formula is C17H12ClF3N2O4S. The van der Waals surface area contributed by atoms with E-state index >= 15 is 0 Å². The van der Waals surface area contributed by atoms with E-state index in [1.807, 2.05) is 4.72 Å². The molecule has 1 heterocycles. The SMILES string of the molecule is O=C1CCC(=O)N1c1ccc(S(=O)(=O)Nc2ccc(Cl)cc2C(F)(F)F)cc1. The fourth-order valence-electron chi connectivity index (χ4n) is 2.68. The maximum atomic E-state index is 13.1. The zero-order valence-corrected chi connectivity index (χ0v) is 15.5. The number of carbonyl (C=O) groups excluding carboxylic acids is 2. The zero-order chi connectivity index (χ0) is 20.7. The average molecular weight is 433 g/mol. The molecule has 1 fully saturated rings. The molecule has 6 nitrogen and oxygen atoms in total. The molecule has 148 valence electrons. The summed E-state index contributed by atoms with van der Waals surface area (Å²) >= 11 is 5.58. The molecule has 0 atom stereocenters. The number of anilines is 2. The third-order valence-corrected chi connectivity index (χ3v) is 5.60. The molecule has 1 aliphatic heterocycles. The van der Waals surface area contributed by atoms with Crippen LogP contribution < -0.4 is 9.62 Å². The third kappa shape index (κ3) is 3.97. The van der Waals surface area contributed by atoms with E-state index in [9.17, 15) is 31.2 Å². The van der Waals surface area contributed by atoms with Crippen LogP contribution in [0, 0.1) is 0 Å². The Morgan fingerprint density at radius 2 is 1.54 bits per heavy atom. The van der Waals surface area contributed by atoms with Crippen LogP contribution in [-0.2, 0) is 25.8 Å². The van der Waals surface area contributed by atoms with E-state index in [2.05, 4.69) is 0 Å². The van der Waals surface area contributed by atoms with Crippen LogP contribution in [0.3, 0.4) is 0 Å². The van der Waals surface area contributed by atoms with Gasteiger partial charge in [0.25, 0.3) is 10.0 Å². The van der Waals surface area contributed by atoms with Crippen molar-refractivity contribution in [3.05, 3.63) is 53.1 Å². The molecular weight excluding hydrogens is 421 g/mol. The van der Waals surface area contributed by atoms with Gasteiger partial charge < -0.3 is 0 Å². The van der Waals surface area contributed by atoms with Crippen LogP contribution in [0.15, 0.2) is 47.4 Å². The molecule has 0 bridgehead atoms. The first-order valence-electron chi connectivity index (χ1n) is 7.84. The number of carbonyl (C=O) groups is 2. The molecule has 3 rings (SSSR count). The number of alkyl halides is 3. The van der Waals surface area contributed by atoms with Crippen molar-refractivity contribution in [2.24, 2.45) is 0 Å². The van der Waals surface area contributed by atoms with E-state index in [-0.39, 0.29) is 28.4 Å². The molecule has 0 unspecified atom stereocenters. The Bertz CT molecular complexity index is 1040. The van der Waals surface area contributed by atoms with Gasteiger partial charge in [0.15, 0.2) is 0 Å². The van der Waals surface area contributed by atoms with Crippen LogP contribution in [0.4, 0.5) is 24.5 Å². The number of amides is 2. The number of rotatable bonds is 4. The Morgan fingerprint density at radius 3 is 2.07 bits per heavy atom. The molecule has 1 saturated heterocycles. The van der Waals surface area contributed by atoms with Crippen LogP contribution in [-0.4, -0.2) is 20.2 Å². The molecule has 0 radical (unpaired) electrons. The lowest BCUT2D eigenvalue weighted by molar-refractivity contribution is -0.137. The first kappa shape index (κ1) is 20.2. The highest BCUT2D eigenvalue weighted by Crippen LogP contribution is 2.37. The van der Waals surface area contributed by atoms with Gasteiger partial charge in [0.05, 0.1) is 21.8 Å². The van der Waals surface area contributed by atoms with Crippen molar-refractivity contribution < 1.29 is 31.2 Å². The Kier molecular flexibility index (Phi) is 5.11. The van der Waals surface area contributed by atoms with E-state index in [0.717, 1.165) is 29.2 Å². The molecule has 1 N–H and O–H groups in total. The van der Waals surface area contributed by atoms with Crippen LogP contribution in [0.1, 0.15) is 18.4 Å². The van der Waals surface area contributed by atoms with Crippen molar-refractivity contribution in [2.45, 2.75) is 23.9 Å². The van der Waals surface area contributed by atoms with Gasteiger partial charge in [-0.3, -0.25) is 19.2 Å². The van der Waals surface area contributed by atoms with E-state index in [0.29, 0.717) is 6.07 Å². The molecule has 0 saturated carbocycles. The highest BCUT2D eigenvalue weighted by Gasteiger charge is 2.35. The summed E-state index contributed by atoms with van der Waals surface area (Å²) in [6.45, 7) is 0. The monoisotopic (exact) mass is 432 g/mol. The number of hydrogen-bond donors (Lipinski definition) is 1. The predicted octanol–water partition coefficient (Wildman–Crippen LogP) is 3.81. The summed E-state index contributed by atoms with van der Waals surface area (Å²) < 4.78 is 66.3. The quantitative estimate of drug-likeness (QED) is 0.744. The number of imide groups is 1. The van der Waals surface area contributed by atoms with Crippen LogP contribution in [0.2, 0.25) is 5.02 Å².